The van der Waals surface area contributed by atoms with Gasteiger partial charge in [0.25, 0.3) is 0 Å². The lowest BCUT2D eigenvalue weighted by atomic mass is 9.94. The number of pyridine rings is 1. The zero-order valence-corrected chi connectivity index (χ0v) is 23.5. The molecule has 3 aromatic rings. The van der Waals surface area contributed by atoms with Crippen molar-refractivity contribution in [2.24, 2.45) is 0 Å². The second-order valence-electron chi connectivity index (χ2n) is 9.89. The summed E-state index contributed by atoms with van der Waals surface area (Å²) in [6.45, 7) is 7.42. The zero-order valence-electron chi connectivity index (χ0n) is 22.7. The van der Waals surface area contributed by atoms with Crippen LogP contribution in [0.4, 0.5) is 60.1 Å². The standard InChI is InChI=1S/C26H28ClF7N8/c1-4-15(2)36-21-38-22(37-18-9-7-17(8-10-18)24(28,25(29,30)31)26(32,33)34)40-23(39-21)42-13-12-41(14-16(42)3)20-19(27)6-5-11-35-20/h5-11,15-16H,4,12-14H2,1-3H3,(H2,36,37,38,39,40)/t15?,16-/m1/s1. The maximum atomic E-state index is 14.4. The smallest absolute Gasteiger partial charge is 0.352 e. The summed E-state index contributed by atoms with van der Waals surface area (Å²) in [4.78, 5) is 21.7. The number of piperazine rings is 1. The van der Waals surface area contributed by atoms with Gasteiger partial charge in [-0.15, -0.1) is 0 Å². The summed E-state index contributed by atoms with van der Waals surface area (Å²) in [6, 6.07) is 6.01. The molecule has 2 N–H and O–H groups in total. The Labute approximate surface area is 242 Å². The summed E-state index contributed by atoms with van der Waals surface area (Å²) in [7, 11) is 0. The number of rotatable bonds is 8. The molecule has 1 saturated heterocycles. The summed E-state index contributed by atoms with van der Waals surface area (Å²) in [5.41, 5.74) is -7.08. The lowest BCUT2D eigenvalue weighted by Gasteiger charge is -2.40. The van der Waals surface area contributed by atoms with Crippen molar-refractivity contribution in [1.29, 1.82) is 0 Å². The number of aromatic nitrogens is 4. The minimum Gasteiger partial charge on any atom is -0.352 e. The van der Waals surface area contributed by atoms with Crippen LogP contribution in [0, 0.1) is 0 Å². The van der Waals surface area contributed by atoms with Crippen LogP contribution in [0.2, 0.25) is 5.02 Å². The van der Waals surface area contributed by atoms with Crippen molar-refractivity contribution in [3.05, 3.63) is 53.2 Å². The molecule has 1 aliphatic heterocycles. The third-order valence-corrected chi connectivity index (χ3v) is 7.15. The van der Waals surface area contributed by atoms with E-state index in [0.717, 1.165) is 18.6 Å². The van der Waals surface area contributed by atoms with Gasteiger partial charge in [0.2, 0.25) is 17.8 Å². The van der Waals surface area contributed by atoms with E-state index in [9.17, 15) is 30.7 Å². The molecule has 0 saturated carbocycles. The van der Waals surface area contributed by atoms with Crippen molar-refractivity contribution in [1.82, 2.24) is 19.9 Å². The molecule has 0 amide bonds. The minimum atomic E-state index is -6.21. The Bertz CT molecular complexity index is 1360. The molecule has 4 rings (SSSR count). The maximum Gasteiger partial charge on any atom is 0.435 e. The normalized spacial score (nSPS) is 17.3. The van der Waals surface area contributed by atoms with Crippen LogP contribution in [0.1, 0.15) is 32.8 Å². The first-order chi connectivity index (χ1) is 19.6. The summed E-state index contributed by atoms with van der Waals surface area (Å²) in [5, 5.41) is 6.45. The molecule has 1 aliphatic rings. The van der Waals surface area contributed by atoms with Crippen molar-refractivity contribution in [3.8, 4) is 0 Å². The first-order valence-corrected chi connectivity index (χ1v) is 13.4. The van der Waals surface area contributed by atoms with Gasteiger partial charge in [-0.3, -0.25) is 0 Å². The van der Waals surface area contributed by atoms with E-state index in [1.165, 1.54) is 0 Å². The second kappa shape index (κ2) is 11.9. The Hall–Kier alpha value is -3.62. The molecule has 1 aromatic carbocycles. The van der Waals surface area contributed by atoms with Gasteiger partial charge in [-0.2, -0.15) is 41.3 Å². The molecular formula is C26H28ClF7N8. The van der Waals surface area contributed by atoms with E-state index in [1.807, 2.05) is 30.6 Å². The molecule has 16 heteroatoms. The Balaban J connectivity index is 1.60. The predicted octanol–water partition coefficient (Wildman–Crippen LogP) is 6.88. The Morgan fingerprint density at radius 2 is 1.60 bits per heavy atom. The fourth-order valence-electron chi connectivity index (χ4n) is 4.39. The van der Waals surface area contributed by atoms with Gasteiger partial charge >= 0.3 is 18.0 Å². The summed E-state index contributed by atoms with van der Waals surface area (Å²) in [6.07, 6.45) is -10.0. The first-order valence-electron chi connectivity index (χ1n) is 13.0. The molecule has 42 heavy (non-hydrogen) atoms. The van der Waals surface area contributed by atoms with E-state index in [-0.39, 0.29) is 29.7 Å². The highest BCUT2D eigenvalue weighted by atomic mass is 35.5. The fourth-order valence-corrected chi connectivity index (χ4v) is 4.63. The molecule has 0 radical (unpaired) electrons. The van der Waals surface area contributed by atoms with Gasteiger partial charge in [0.1, 0.15) is 5.82 Å². The van der Waals surface area contributed by atoms with Crippen LogP contribution in [-0.2, 0) is 5.67 Å². The lowest BCUT2D eigenvalue weighted by molar-refractivity contribution is -0.348. The van der Waals surface area contributed by atoms with Crippen molar-refractivity contribution in [2.75, 3.05) is 40.1 Å². The molecule has 2 aromatic heterocycles. The molecule has 0 spiro atoms. The highest BCUT2D eigenvalue weighted by Crippen LogP contribution is 2.53. The number of hydrogen-bond donors (Lipinski definition) is 2. The van der Waals surface area contributed by atoms with Gasteiger partial charge in [0.15, 0.2) is 0 Å². The maximum absolute atomic E-state index is 14.4. The van der Waals surface area contributed by atoms with E-state index in [1.54, 1.807) is 18.3 Å². The molecule has 228 valence electrons. The topological polar surface area (TPSA) is 82.1 Å². The lowest BCUT2D eigenvalue weighted by Crippen LogP contribution is -2.53. The number of nitrogens with one attached hydrogen (secondary N) is 2. The summed E-state index contributed by atoms with van der Waals surface area (Å²) < 4.78 is 93.3. The Kier molecular flexibility index (Phi) is 8.90. The number of alkyl halides is 7. The summed E-state index contributed by atoms with van der Waals surface area (Å²) >= 11 is 6.32. The van der Waals surface area contributed by atoms with E-state index in [0.29, 0.717) is 48.6 Å². The van der Waals surface area contributed by atoms with Crippen molar-refractivity contribution in [2.45, 2.75) is 57.3 Å². The molecule has 1 unspecified atom stereocenters. The van der Waals surface area contributed by atoms with Crippen LogP contribution >= 0.6 is 11.6 Å². The number of halogens is 8. The van der Waals surface area contributed by atoms with Crippen LogP contribution < -0.4 is 20.4 Å². The number of hydrogen-bond acceptors (Lipinski definition) is 8. The number of anilines is 5. The van der Waals surface area contributed by atoms with Crippen LogP contribution in [0.5, 0.6) is 0 Å². The second-order valence-corrected chi connectivity index (χ2v) is 10.3. The van der Waals surface area contributed by atoms with Gasteiger partial charge in [-0.25, -0.2) is 9.37 Å². The highest BCUT2D eigenvalue weighted by molar-refractivity contribution is 6.32. The van der Waals surface area contributed by atoms with Gasteiger partial charge in [0, 0.05) is 49.2 Å². The van der Waals surface area contributed by atoms with E-state index in [2.05, 4.69) is 30.6 Å². The van der Waals surface area contributed by atoms with Gasteiger partial charge in [-0.1, -0.05) is 30.7 Å². The van der Waals surface area contributed by atoms with Gasteiger partial charge in [0.05, 0.1) is 5.02 Å². The van der Waals surface area contributed by atoms with E-state index < -0.39 is 23.6 Å². The minimum absolute atomic E-state index is 0.0147. The summed E-state index contributed by atoms with van der Waals surface area (Å²) in [5.74, 6) is 1.15. The van der Waals surface area contributed by atoms with Crippen molar-refractivity contribution >= 4 is 41.0 Å². The van der Waals surface area contributed by atoms with Crippen molar-refractivity contribution < 1.29 is 30.7 Å². The van der Waals surface area contributed by atoms with Gasteiger partial charge in [-0.05, 0) is 44.5 Å². The third kappa shape index (κ3) is 6.40. The first kappa shape index (κ1) is 31.3. The SMILES string of the molecule is CCC(C)Nc1nc(Nc2ccc(C(F)(C(F)(F)F)C(F)(F)F)cc2)nc(N2CCN(c3ncccc3Cl)C[C@H]2C)n1. The fraction of sp³-hybridized carbons (Fsp3) is 0.462. The van der Waals surface area contributed by atoms with Crippen LogP contribution in [0.15, 0.2) is 42.6 Å². The van der Waals surface area contributed by atoms with Crippen LogP contribution in [0.25, 0.3) is 0 Å². The Morgan fingerprint density at radius 1 is 0.952 bits per heavy atom. The largest absolute Gasteiger partial charge is 0.435 e. The Morgan fingerprint density at radius 3 is 2.17 bits per heavy atom. The predicted molar refractivity (Wildman–Crippen MR) is 146 cm³/mol. The molecule has 3 heterocycles. The average molecular weight is 621 g/mol. The third-order valence-electron chi connectivity index (χ3n) is 6.85. The highest BCUT2D eigenvalue weighted by Gasteiger charge is 2.73. The van der Waals surface area contributed by atoms with E-state index >= 15 is 0 Å². The molecule has 0 aliphatic carbocycles. The van der Waals surface area contributed by atoms with Crippen LogP contribution in [-0.4, -0.2) is 64.0 Å². The zero-order chi connectivity index (χ0) is 30.9. The molecule has 0 bridgehead atoms. The molecule has 2 atom stereocenters. The number of benzene rings is 1. The average Bonchev–Trinajstić information content (AvgIpc) is 2.91. The van der Waals surface area contributed by atoms with Crippen molar-refractivity contribution in [3.63, 3.8) is 0 Å². The quantitative estimate of drug-likeness (QED) is 0.264. The molecule has 1 fully saturated rings. The van der Waals surface area contributed by atoms with Crippen LogP contribution in [0.3, 0.4) is 0 Å². The monoisotopic (exact) mass is 620 g/mol. The van der Waals surface area contributed by atoms with E-state index in [4.69, 9.17) is 11.6 Å². The molecular weight excluding hydrogens is 593 g/mol. The molecule has 8 nitrogen and oxygen atoms in total. The number of nitrogens with zero attached hydrogens (tertiary/aromatic N) is 6. The van der Waals surface area contributed by atoms with Gasteiger partial charge < -0.3 is 20.4 Å².